The van der Waals surface area contributed by atoms with Gasteiger partial charge in [0.15, 0.2) is 5.82 Å². The molecular weight excluding hydrogens is 357 g/mol. The summed E-state index contributed by atoms with van der Waals surface area (Å²) in [7, 11) is 0. The fraction of sp³-hybridized carbons (Fsp3) is 0.273. The highest BCUT2D eigenvalue weighted by molar-refractivity contribution is 5.91. The summed E-state index contributed by atoms with van der Waals surface area (Å²) in [5.41, 5.74) is 1.86. The van der Waals surface area contributed by atoms with Gasteiger partial charge in [-0.2, -0.15) is 5.10 Å². The Balaban J connectivity index is 1.28. The monoisotopic (exact) mass is 379 g/mol. The normalized spacial score (nSPS) is 13.8. The van der Waals surface area contributed by atoms with Gasteiger partial charge in [0, 0.05) is 12.3 Å². The first-order valence-electron chi connectivity index (χ1n) is 9.47. The van der Waals surface area contributed by atoms with E-state index in [2.05, 4.69) is 10.4 Å². The van der Waals surface area contributed by atoms with Gasteiger partial charge in [0.05, 0.1) is 19.1 Å². The van der Waals surface area contributed by atoms with Crippen LogP contribution >= 0.6 is 0 Å². The van der Waals surface area contributed by atoms with E-state index in [1.807, 2.05) is 24.3 Å². The van der Waals surface area contributed by atoms with Gasteiger partial charge >= 0.3 is 0 Å². The minimum Gasteiger partial charge on any atom is -0.490 e. The molecule has 3 aromatic rings. The standard InChI is InChI=1S/C22H22FN3O2/c23-18-8-4-17(5-9-18)15-26-13-12-21(25-26)24-22(27)14-16-6-10-20(11-7-16)28-19-2-1-3-19/h4-13,19H,1-3,14-15H2,(H,24,25,27). The Morgan fingerprint density at radius 1 is 1.07 bits per heavy atom. The third-order valence-electron chi connectivity index (χ3n) is 4.81. The molecule has 1 heterocycles. The van der Waals surface area contributed by atoms with Crippen molar-refractivity contribution in [2.45, 2.75) is 38.3 Å². The molecule has 0 bridgehead atoms. The minimum absolute atomic E-state index is 0.125. The van der Waals surface area contributed by atoms with Gasteiger partial charge in [-0.3, -0.25) is 9.48 Å². The van der Waals surface area contributed by atoms with Crippen molar-refractivity contribution in [1.82, 2.24) is 9.78 Å². The maximum atomic E-state index is 13.0. The van der Waals surface area contributed by atoms with E-state index in [0.717, 1.165) is 29.7 Å². The highest BCUT2D eigenvalue weighted by Crippen LogP contribution is 2.25. The zero-order valence-corrected chi connectivity index (χ0v) is 15.5. The maximum absolute atomic E-state index is 13.0. The Hall–Kier alpha value is -3.15. The van der Waals surface area contributed by atoms with Crippen molar-refractivity contribution in [3.8, 4) is 5.75 Å². The molecule has 1 fully saturated rings. The molecule has 0 atom stereocenters. The van der Waals surface area contributed by atoms with E-state index in [1.54, 1.807) is 29.1 Å². The van der Waals surface area contributed by atoms with Gasteiger partial charge in [-0.05, 0) is 54.7 Å². The summed E-state index contributed by atoms with van der Waals surface area (Å²) in [6.45, 7) is 0.513. The summed E-state index contributed by atoms with van der Waals surface area (Å²) in [6.07, 6.45) is 5.89. The van der Waals surface area contributed by atoms with E-state index >= 15 is 0 Å². The van der Waals surface area contributed by atoms with Crippen molar-refractivity contribution in [2.75, 3.05) is 5.32 Å². The van der Waals surface area contributed by atoms with Crippen molar-refractivity contribution in [2.24, 2.45) is 0 Å². The van der Waals surface area contributed by atoms with E-state index in [9.17, 15) is 9.18 Å². The SMILES string of the molecule is O=C(Cc1ccc(OC2CCC2)cc1)Nc1ccn(Cc2ccc(F)cc2)n1. The summed E-state index contributed by atoms with van der Waals surface area (Å²) in [5.74, 6) is 0.963. The third kappa shape index (κ3) is 4.76. The smallest absolute Gasteiger partial charge is 0.229 e. The molecule has 1 aromatic heterocycles. The fourth-order valence-electron chi connectivity index (χ4n) is 3.03. The van der Waals surface area contributed by atoms with Crippen LogP contribution in [0.3, 0.4) is 0 Å². The van der Waals surface area contributed by atoms with Gasteiger partial charge in [-0.15, -0.1) is 0 Å². The lowest BCUT2D eigenvalue weighted by Gasteiger charge is -2.26. The van der Waals surface area contributed by atoms with E-state index in [0.29, 0.717) is 18.5 Å². The minimum atomic E-state index is -0.264. The number of nitrogens with zero attached hydrogens (tertiary/aromatic N) is 2. The number of amides is 1. The molecule has 0 spiro atoms. The molecule has 1 aliphatic carbocycles. The Morgan fingerprint density at radius 2 is 1.79 bits per heavy atom. The molecule has 1 saturated carbocycles. The van der Waals surface area contributed by atoms with E-state index < -0.39 is 0 Å². The van der Waals surface area contributed by atoms with Crippen LogP contribution in [0.1, 0.15) is 30.4 Å². The van der Waals surface area contributed by atoms with Gasteiger partial charge in [-0.1, -0.05) is 24.3 Å². The molecule has 4 rings (SSSR count). The summed E-state index contributed by atoms with van der Waals surface area (Å²) in [6, 6.07) is 15.7. The second-order valence-electron chi connectivity index (χ2n) is 7.06. The average Bonchev–Trinajstić information content (AvgIpc) is 3.08. The number of carbonyl (C=O) groups excluding carboxylic acids is 1. The van der Waals surface area contributed by atoms with Gasteiger partial charge in [-0.25, -0.2) is 4.39 Å². The van der Waals surface area contributed by atoms with Crippen molar-refractivity contribution in [1.29, 1.82) is 0 Å². The maximum Gasteiger partial charge on any atom is 0.229 e. The van der Waals surface area contributed by atoms with E-state index in [1.165, 1.54) is 18.6 Å². The summed E-state index contributed by atoms with van der Waals surface area (Å²) >= 11 is 0. The molecule has 28 heavy (non-hydrogen) atoms. The molecule has 6 heteroatoms. The van der Waals surface area contributed by atoms with E-state index in [4.69, 9.17) is 4.74 Å². The average molecular weight is 379 g/mol. The van der Waals surface area contributed by atoms with E-state index in [-0.39, 0.29) is 18.1 Å². The van der Waals surface area contributed by atoms with Crippen molar-refractivity contribution in [3.05, 3.63) is 77.7 Å². The zero-order valence-electron chi connectivity index (χ0n) is 15.5. The number of hydrogen-bond acceptors (Lipinski definition) is 3. The fourth-order valence-corrected chi connectivity index (χ4v) is 3.03. The first-order valence-corrected chi connectivity index (χ1v) is 9.47. The van der Waals surface area contributed by atoms with Gasteiger partial charge in [0.1, 0.15) is 11.6 Å². The molecular formula is C22H22FN3O2. The zero-order chi connectivity index (χ0) is 19.3. The first kappa shape index (κ1) is 18.2. The van der Waals surface area contributed by atoms with Crippen LogP contribution in [0.4, 0.5) is 10.2 Å². The largest absolute Gasteiger partial charge is 0.490 e. The molecule has 0 saturated heterocycles. The first-order chi connectivity index (χ1) is 13.6. The molecule has 1 amide bonds. The number of halogens is 1. The van der Waals surface area contributed by atoms with Gasteiger partial charge < -0.3 is 10.1 Å². The second kappa shape index (κ2) is 8.25. The summed E-state index contributed by atoms with van der Waals surface area (Å²) < 4.78 is 20.5. The molecule has 0 aliphatic heterocycles. The number of benzene rings is 2. The lowest BCUT2D eigenvalue weighted by Crippen LogP contribution is -2.24. The number of ether oxygens (including phenoxy) is 1. The molecule has 1 N–H and O–H groups in total. The topological polar surface area (TPSA) is 56.1 Å². The van der Waals surface area contributed by atoms with Crippen molar-refractivity contribution >= 4 is 11.7 Å². The predicted molar refractivity (Wildman–Crippen MR) is 105 cm³/mol. The van der Waals surface area contributed by atoms with Crippen LogP contribution in [0.2, 0.25) is 0 Å². The Kier molecular flexibility index (Phi) is 5.37. The van der Waals surface area contributed by atoms with Crippen LogP contribution in [0, 0.1) is 5.82 Å². The van der Waals surface area contributed by atoms with Crippen LogP contribution in [0.25, 0.3) is 0 Å². The van der Waals surface area contributed by atoms with Crippen LogP contribution < -0.4 is 10.1 Å². The quantitative estimate of drug-likeness (QED) is 0.670. The second-order valence-corrected chi connectivity index (χ2v) is 7.06. The highest BCUT2D eigenvalue weighted by Gasteiger charge is 2.18. The van der Waals surface area contributed by atoms with Crippen molar-refractivity contribution < 1.29 is 13.9 Å². The molecule has 5 nitrogen and oxygen atoms in total. The predicted octanol–water partition coefficient (Wildman–Crippen LogP) is 4.18. The number of aromatic nitrogens is 2. The number of carbonyl (C=O) groups is 1. The summed E-state index contributed by atoms with van der Waals surface area (Å²) in [5, 5.41) is 7.15. The Bertz CT molecular complexity index is 931. The summed E-state index contributed by atoms with van der Waals surface area (Å²) in [4.78, 5) is 12.3. The molecule has 1 aliphatic rings. The van der Waals surface area contributed by atoms with Crippen LogP contribution in [-0.2, 0) is 17.8 Å². The number of anilines is 1. The lowest BCUT2D eigenvalue weighted by atomic mass is 9.96. The van der Waals surface area contributed by atoms with Crippen molar-refractivity contribution in [3.63, 3.8) is 0 Å². The van der Waals surface area contributed by atoms with Gasteiger partial charge in [0.2, 0.25) is 5.91 Å². The van der Waals surface area contributed by atoms with Crippen LogP contribution in [0.5, 0.6) is 5.75 Å². The number of hydrogen-bond donors (Lipinski definition) is 1. The van der Waals surface area contributed by atoms with Crippen LogP contribution in [-0.4, -0.2) is 21.8 Å². The molecule has 0 unspecified atom stereocenters. The highest BCUT2D eigenvalue weighted by atomic mass is 19.1. The van der Waals surface area contributed by atoms with Gasteiger partial charge in [0.25, 0.3) is 0 Å². The molecule has 144 valence electrons. The molecule has 2 aromatic carbocycles. The lowest BCUT2D eigenvalue weighted by molar-refractivity contribution is -0.115. The number of rotatable bonds is 7. The third-order valence-corrected chi connectivity index (χ3v) is 4.81. The molecule has 0 radical (unpaired) electrons. The van der Waals surface area contributed by atoms with Crippen LogP contribution in [0.15, 0.2) is 60.8 Å². The Morgan fingerprint density at radius 3 is 2.46 bits per heavy atom. The Labute approximate surface area is 163 Å². The number of nitrogens with one attached hydrogen (secondary N) is 1.